The summed E-state index contributed by atoms with van der Waals surface area (Å²) in [5.74, 6) is 0. The average molecular weight is 600 g/mol. The molecule has 0 radical (unpaired) electrons. The summed E-state index contributed by atoms with van der Waals surface area (Å²) in [6, 6.07) is 52.5. The monoisotopic (exact) mass is 599 g/mol. The highest BCUT2D eigenvalue weighted by molar-refractivity contribution is 6.18. The van der Waals surface area contributed by atoms with E-state index in [-0.39, 0.29) is 0 Å². The predicted molar refractivity (Wildman–Crippen MR) is 193 cm³/mol. The Morgan fingerprint density at radius 2 is 0.936 bits per heavy atom. The van der Waals surface area contributed by atoms with Crippen LogP contribution < -0.4 is 0 Å². The van der Waals surface area contributed by atoms with Crippen LogP contribution >= 0.6 is 0 Å². The van der Waals surface area contributed by atoms with E-state index in [1.165, 1.54) is 0 Å². The van der Waals surface area contributed by atoms with E-state index in [1.54, 1.807) is 0 Å². The highest BCUT2D eigenvalue weighted by atomic mass is 16.3. The van der Waals surface area contributed by atoms with Gasteiger partial charge in [-0.25, -0.2) is 15.0 Å². The molecule has 0 fully saturated rings. The maximum atomic E-state index is 6.13. The number of pyridine rings is 3. The number of benzene rings is 6. The van der Waals surface area contributed by atoms with Crippen molar-refractivity contribution in [2.75, 3.05) is 0 Å². The highest BCUT2D eigenvalue weighted by Crippen LogP contribution is 2.38. The quantitative estimate of drug-likeness (QED) is 0.190. The Morgan fingerprint density at radius 3 is 1.68 bits per heavy atom. The van der Waals surface area contributed by atoms with Crippen LogP contribution in [0, 0.1) is 0 Å². The van der Waals surface area contributed by atoms with E-state index in [2.05, 4.69) is 115 Å². The molecule has 47 heavy (non-hydrogen) atoms. The Hall–Kier alpha value is -6.39. The van der Waals surface area contributed by atoms with E-state index in [9.17, 15) is 0 Å². The first-order valence-electron chi connectivity index (χ1n) is 15.8. The number of nitrogens with zero attached hydrogens (tertiary/aromatic N) is 3. The van der Waals surface area contributed by atoms with E-state index >= 15 is 0 Å². The third-order valence-electron chi connectivity index (χ3n) is 9.27. The van der Waals surface area contributed by atoms with Crippen LogP contribution in [0.1, 0.15) is 0 Å². The van der Waals surface area contributed by atoms with Crippen molar-refractivity contribution in [2.24, 2.45) is 0 Å². The molecule has 4 nitrogen and oxygen atoms in total. The van der Waals surface area contributed by atoms with Crippen LogP contribution in [0.3, 0.4) is 0 Å². The summed E-state index contributed by atoms with van der Waals surface area (Å²) in [6.45, 7) is 0. The molecule has 0 saturated carbocycles. The van der Waals surface area contributed by atoms with Gasteiger partial charge in [-0.05, 0) is 53.2 Å². The van der Waals surface area contributed by atoms with Crippen LogP contribution in [0.25, 0.3) is 99.2 Å². The molecule has 4 aromatic heterocycles. The molecule has 10 rings (SSSR count). The van der Waals surface area contributed by atoms with E-state index in [0.717, 1.165) is 99.2 Å². The van der Waals surface area contributed by atoms with Crippen molar-refractivity contribution < 1.29 is 4.42 Å². The number of hydrogen-bond acceptors (Lipinski definition) is 4. The van der Waals surface area contributed by atoms with Gasteiger partial charge in [-0.2, -0.15) is 0 Å². The van der Waals surface area contributed by atoms with Gasteiger partial charge in [0.1, 0.15) is 11.2 Å². The molecule has 0 N–H and O–H groups in total. The largest absolute Gasteiger partial charge is 0.456 e. The molecule has 0 saturated heterocycles. The SMILES string of the molecule is c1ccc(-c2ccc3ccc4ccc(-c5ccc(-c6ccc7c(ccc8oc9ccccc9c87)n6)c6ccccc56)nc4c3n2)cc1. The maximum absolute atomic E-state index is 6.13. The fourth-order valence-electron chi connectivity index (χ4n) is 7.01. The molecule has 6 aromatic carbocycles. The molecule has 0 bridgehead atoms. The molecule has 0 amide bonds. The summed E-state index contributed by atoms with van der Waals surface area (Å²) in [5.41, 5.74) is 10.6. The molecule has 0 aliphatic heterocycles. The number of para-hydroxylation sites is 1. The summed E-state index contributed by atoms with van der Waals surface area (Å²) < 4.78 is 6.13. The van der Waals surface area contributed by atoms with Gasteiger partial charge in [-0.3, -0.25) is 0 Å². The van der Waals surface area contributed by atoms with Crippen LogP contribution in [-0.4, -0.2) is 15.0 Å². The molecular weight excluding hydrogens is 574 g/mol. The Kier molecular flexibility index (Phi) is 5.54. The van der Waals surface area contributed by atoms with Crippen molar-refractivity contribution in [1.82, 2.24) is 15.0 Å². The van der Waals surface area contributed by atoms with Crippen molar-refractivity contribution in [3.8, 4) is 33.8 Å². The normalized spacial score (nSPS) is 11.8. The first-order valence-corrected chi connectivity index (χ1v) is 15.8. The Morgan fingerprint density at radius 1 is 0.362 bits per heavy atom. The van der Waals surface area contributed by atoms with Crippen LogP contribution in [0.4, 0.5) is 0 Å². The van der Waals surface area contributed by atoms with Crippen molar-refractivity contribution in [3.05, 3.63) is 152 Å². The molecule has 10 aromatic rings. The second kappa shape index (κ2) is 10.1. The standard InChI is InChI=1S/C43H25N3O/c1-2-8-26(9-3-1)35-21-16-27-14-15-28-17-22-37(46-43(28)42(27)45-35)32-19-18-31(29-10-4-5-11-30(29)32)36-23-20-33-38(44-36)24-25-40-41(33)34-12-6-7-13-39(34)47-40/h1-25H. The first kappa shape index (κ1) is 25.9. The zero-order chi connectivity index (χ0) is 30.9. The van der Waals surface area contributed by atoms with Crippen molar-refractivity contribution in [2.45, 2.75) is 0 Å². The fourth-order valence-corrected chi connectivity index (χ4v) is 7.01. The molecule has 0 spiro atoms. The second-order valence-electron chi connectivity index (χ2n) is 12.0. The number of aromatic nitrogens is 3. The van der Waals surface area contributed by atoms with Crippen LogP contribution in [0.5, 0.6) is 0 Å². The van der Waals surface area contributed by atoms with Gasteiger partial charge >= 0.3 is 0 Å². The molecule has 4 heteroatoms. The van der Waals surface area contributed by atoms with Crippen LogP contribution in [0.2, 0.25) is 0 Å². The lowest BCUT2D eigenvalue weighted by Crippen LogP contribution is -1.93. The summed E-state index contributed by atoms with van der Waals surface area (Å²) in [7, 11) is 0. The van der Waals surface area contributed by atoms with E-state index < -0.39 is 0 Å². The Labute approximate surface area is 269 Å². The number of furan rings is 1. The van der Waals surface area contributed by atoms with Crippen LogP contribution in [0.15, 0.2) is 156 Å². The second-order valence-corrected chi connectivity index (χ2v) is 12.0. The van der Waals surface area contributed by atoms with E-state index in [4.69, 9.17) is 19.4 Å². The van der Waals surface area contributed by atoms with Gasteiger partial charge in [0.25, 0.3) is 0 Å². The Bertz CT molecular complexity index is 2850. The topological polar surface area (TPSA) is 51.8 Å². The van der Waals surface area contributed by atoms with Crippen LogP contribution in [-0.2, 0) is 0 Å². The number of rotatable bonds is 3. The lowest BCUT2D eigenvalue weighted by Gasteiger charge is -2.13. The van der Waals surface area contributed by atoms with E-state index in [1.807, 2.05) is 36.4 Å². The average Bonchev–Trinajstić information content (AvgIpc) is 3.53. The summed E-state index contributed by atoms with van der Waals surface area (Å²) in [6.07, 6.45) is 0. The minimum absolute atomic E-state index is 0.880. The smallest absolute Gasteiger partial charge is 0.136 e. The van der Waals surface area contributed by atoms with Gasteiger partial charge in [0.15, 0.2) is 0 Å². The number of hydrogen-bond donors (Lipinski definition) is 0. The van der Waals surface area contributed by atoms with Gasteiger partial charge < -0.3 is 4.42 Å². The molecule has 4 heterocycles. The molecule has 0 aliphatic carbocycles. The van der Waals surface area contributed by atoms with Gasteiger partial charge in [0, 0.05) is 43.6 Å². The van der Waals surface area contributed by atoms with Crippen molar-refractivity contribution in [1.29, 1.82) is 0 Å². The van der Waals surface area contributed by atoms with Gasteiger partial charge in [0.2, 0.25) is 0 Å². The molecule has 0 atom stereocenters. The molecule has 218 valence electrons. The third-order valence-corrected chi connectivity index (χ3v) is 9.27. The minimum Gasteiger partial charge on any atom is -0.456 e. The summed E-state index contributed by atoms with van der Waals surface area (Å²) in [5, 5.41) is 7.72. The first-order chi connectivity index (χ1) is 23.3. The lowest BCUT2D eigenvalue weighted by molar-refractivity contribution is 0.669. The highest BCUT2D eigenvalue weighted by Gasteiger charge is 2.15. The van der Waals surface area contributed by atoms with Crippen molar-refractivity contribution >= 4 is 65.4 Å². The van der Waals surface area contributed by atoms with Crippen molar-refractivity contribution in [3.63, 3.8) is 0 Å². The Balaban J connectivity index is 1.13. The zero-order valence-electron chi connectivity index (χ0n) is 25.2. The van der Waals surface area contributed by atoms with Gasteiger partial charge in [-0.15, -0.1) is 0 Å². The number of fused-ring (bicyclic) bond motifs is 9. The minimum atomic E-state index is 0.880. The van der Waals surface area contributed by atoms with Gasteiger partial charge in [-0.1, -0.05) is 109 Å². The molecule has 0 aliphatic rings. The zero-order valence-corrected chi connectivity index (χ0v) is 25.2. The van der Waals surface area contributed by atoms with Gasteiger partial charge in [0.05, 0.1) is 33.6 Å². The summed E-state index contributed by atoms with van der Waals surface area (Å²) >= 11 is 0. The predicted octanol–water partition coefficient (Wildman–Crippen LogP) is 11.4. The molecule has 0 unspecified atom stereocenters. The van der Waals surface area contributed by atoms with E-state index in [0.29, 0.717) is 0 Å². The molecular formula is C43H25N3O. The maximum Gasteiger partial charge on any atom is 0.136 e. The third kappa shape index (κ3) is 4.05. The fraction of sp³-hybridized carbons (Fsp3) is 0. The summed E-state index contributed by atoms with van der Waals surface area (Å²) in [4.78, 5) is 15.5. The lowest BCUT2D eigenvalue weighted by atomic mass is 9.95.